The zero-order valence-corrected chi connectivity index (χ0v) is 53.8. The third-order valence-corrected chi connectivity index (χ3v) is 15.3. The lowest BCUT2D eigenvalue weighted by atomic mass is 10.0. The van der Waals surface area contributed by atoms with Crippen molar-refractivity contribution in [1.29, 1.82) is 0 Å². The minimum Gasteiger partial charge on any atom is -0.462 e. The van der Waals surface area contributed by atoms with Gasteiger partial charge in [-0.05, 0) is 109 Å². The summed E-state index contributed by atoms with van der Waals surface area (Å²) in [5.41, 5.74) is 0. The zero-order chi connectivity index (χ0) is 58.5. The molecule has 0 aromatic heterocycles. The predicted molar refractivity (Wildman–Crippen MR) is 353 cm³/mol. The summed E-state index contributed by atoms with van der Waals surface area (Å²) in [7, 11) is 0. The smallest absolute Gasteiger partial charge is 0.306 e. The maximum Gasteiger partial charge on any atom is 0.306 e. The van der Waals surface area contributed by atoms with Crippen molar-refractivity contribution in [2.75, 3.05) is 13.2 Å². The van der Waals surface area contributed by atoms with Crippen molar-refractivity contribution < 1.29 is 28.6 Å². The third-order valence-electron chi connectivity index (χ3n) is 15.3. The molecule has 0 heterocycles. The van der Waals surface area contributed by atoms with E-state index in [1.54, 1.807) is 0 Å². The second-order valence-corrected chi connectivity index (χ2v) is 23.4. The van der Waals surface area contributed by atoms with Gasteiger partial charge in [-0.3, -0.25) is 14.4 Å². The van der Waals surface area contributed by atoms with Gasteiger partial charge >= 0.3 is 17.9 Å². The summed E-state index contributed by atoms with van der Waals surface area (Å²) in [6.45, 7) is 6.47. The Bertz CT molecular complexity index is 1530. The van der Waals surface area contributed by atoms with Crippen LogP contribution in [0.1, 0.15) is 355 Å². The number of carbonyl (C=O) groups is 3. The molecular formula is C75H132O6. The van der Waals surface area contributed by atoms with Crippen LogP contribution in [0.4, 0.5) is 0 Å². The number of hydrogen-bond donors (Lipinski definition) is 0. The molecular weight excluding hydrogens is 997 g/mol. The number of hydrogen-bond acceptors (Lipinski definition) is 6. The van der Waals surface area contributed by atoms with Crippen molar-refractivity contribution in [3.05, 3.63) is 85.1 Å². The fourth-order valence-corrected chi connectivity index (χ4v) is 10.1. The topological polar surface area (TPSA) is 78.9 Å². The van der Waals surface area contributed by atoms with Crippen LogP contribution in [0.3, 0.4) is 0 Å². The van der Waals surface area contributed by atoms with E-state index >= 15 is 0 Å². The van der Waals surface area contributed by atoms with Gasteiger partial charge in [0.25, 0.3) is 0 Å². The van der Waals surface area contributed by atoms with Gasteiger partial charge in [-0.1, -0.05) is 311 Å². The number of carbonyl (C=O) groups excluding carboxylic acids is 3. The Morgan fingerprint density at radius 2 is 0.506 bits per heavy atom. The van der Waals surface area contributed by atoms with E-state index in [0.29, 0.717) is 19.3 Å². The van der Waals surface area contributed by atoms with Crippen LogP contribution >= 0.6 is 0 Å². The second kappa shape index (κ2) is 69.1. The molecule has 0 saturated heterocycles. The molecule has 0 aromatic carbocycles. The molecule has 0 aliphatic heterocycles. The summed E-state index contributed by atoms with van der Waals surface area (Å²) in [4.78, 5) is 38.3. The van der Waals surface area contributed by atoms with Gasteiger partial charge in [-0.2, -0.15) is 0 Å². The lowest BCUT2D eigenvalue weighted by molar-refractivity contribution is -0.167. The fraction of sp³-hybridized carbons (Fsp3) is 0.773. The molecule has 0 aromatic rings. The first-order valence-corrected chi connectivity index (χ1v) is 35.1. The number of unbranched alkanes of at least 4 members (excludes halogenated alkanes) is 39. The van der Waals surface area contributed by atoms with Crippen LogP contribution in [0.5, 0.6) is 0 Å². The highest BCUT2D eigenvalue weighted by molar-refractivity contribution is 5.71. The quantitative estimate of drug-likeness (QED) is 0.0261. The summed E-state index contributed by atoms with van der Waals surface area (Å²) in [5, 5.41) is 0. The molecule has 6 nitrogen and oxygen atoms in total. The SMILES string of the molecule is CC/C=C\C/C=C\C/C=C\CCCCCCCCCC(=O)OC(COC(=O)CCCCCCC/C=C\C/C=C\CCC)COC(=O)CCCCCCCCCCCCCCCCCCCCCCC/C=C\C/C=C\CCCCCCC. The van der Waals surface area contributed by atoms with Gasteiger partial charge in [0, 0.05) is 19.3 Å². The van der Waals surface area contributed by atoms with Crippen molar-refractivity contribution in [2.45, 2.75) is 361 Å². The van der Waals surface area contributed by atoms with Crippen molar-refractivity contribution in [3.8, 4) is 0 Å². The number of ether oxygens (including phenoxy) is 3. The summed E-state index contributed by atoms with van der Waals surface area (Å²) in [6, 6.07) is 0. The lowest BCUT2D eigenvalue weighted by Crippen LogP contribution is -2.30. The first-order valence-electron chi connectivity index (χ1n) is 35.1. The molecule has 6 heteroatoms. The molecule has 0 aliphatic carbocycles. The highest BCUT2D eigenvalue weighted by Gasteiger charge is 2.19. The summed E-state index contributed by atoms with van der Waals surface area (Å²) in [5.74, 6) is -0.892. The number of rotatable bonds is 64. The second-order valence-electron chi connectivity index (χ2n) is 23.4. The van der Waals surface area contributed by atoms with Gasteiger partial charge < -0.3 is 14.2 Å². The maximum absolute atomic E-state index is 12.9. The Morgan fingerprint density at radius 1 is 0.259 bits per heavy atom. The van der Waals surface area contributed by atoms with Gasteiger partial charge in [0.15, 0.2) is 6.10 Å². The Hall–Kier alpha value is -3.41. The maximum atomic E-state index is 12.9. The Balaban J connectivity index is 4.14. The van der Waals surface area contributed by atoms with Crippen molar-refractivity contribution in [3.63, 3.8) is 0 Å². The molecule has 0 bridgehead atoms. The molecule has 1 atom stereocenters. The molecule has 0 amide bonds. The van der Waals surface area contributed by atoms with Crippen molar-refractivity contribution >= 4 is 17.9 Å². The molecule has 0 rings (SSSR count). The zero-order valence-electron chi connectivity index (χ0n) is 53.8. The molecule has 81 heavy (non-hydrogen) atoms. The highest BCUT2D eigenvalue weighted by atomic mass is 16.6. The van der Waals surface area contributed by atoms with E-state index in [4.69, 9.17) is 14.2 Å². The number of allylic oxidation sites excluding steroid dienone is 14. The molecule has 1 unspecified atom stereocenters. The van der Waals surface area contributed by atoms with Gasteiger partial charge in [-0.25, -0.2) is 0 Å². The van der Waals surface area contributed by atoms with E-state index < -0.39 is 6.10 Å². The minimum absolute atomic E-state index is 0.0822. The van der Waals surface area contributed by atoms with E-state index in [9.17, 15) is 14.4 Å². The average Bonchev–Trinajstić information content (AvgIpc) is 3.46. The van der Waals surface area contributed by atoms with Crippen LogP contribution in [0.25, 0.3) is 0 Å². The molecule has 0 spiro atoms. The van der Waals surface area contributed by atoms with Gasteiger partial charge in [0.2, 0.25) is 0 Å². The summed E-state index contributed by atoms with van der Waals surface area (Å²) >= 11 is 0. The molecule has 0 radical (unpaired) electrons. The first-order chi connectivity index (χ1) is 40.0. The van der Waals surface area contributed by atoms with Crippen LogP contribution in [-0.4, -0.2) is 37.2 Å². The Labute approximate surface area is 503 Å². The summed E-state index contributed by atoms with van der Waals surface area (Å²) < 4.78 is 16.9. The van der Waals surface area contributed by atoms with Crippen LogP contribution in [0.15, 0.2) is 85.1 Å². The fourth-order valence-electron chi connectivity index (χ4n) is 10.1. The van der Waals surface area contributed by atoms with Gasteiger partial charge in [0.1, 0.15) is 13.2 Å². The van der Waals surface area contributed by atoms with E-state index in [-0.39, 0.29) is 31.1 Å². The molecule has 468 valence electrons. The van der Waals surface area contributed by atoms with Crippen molar-refractivity contribution in [2.24, 2.45) is 0 Å². The van der Waals surface area contributed by atoms with Gasteiger partial charge in [0.05, 0.1) is 0 Å². The first kappa shape index (κ1) is 77.6. The molecule has 0 fully saturated rings. The van der Waals surface area contributed by atoms with E-state index in [0.717, 1.165) is 116 Å². The monoisotopic (exact) mass is 1130 g/mol. The minimum atomic E-state index is -0.788. The average molecular weight is 1130 g/mol. The third kappa shape index (κ3) is 67.3. The molecule has 0 aliphatic rings. The van der Waals surface area contributed by atoms with Crippen molar-refractivity contribution in [1.82, 2.24) is 0 Å². The largest absolute Gasteiger partial charge is 0.462 e. The van der Waals surface area contributed by atoms with E-state index in [1.807, 2.05) is 0 Å². The Kier molecular flexibility index (Phi) is 66.2. The van der Waals surface area contributed by atoms with Crippen LogP contribution in [0, 0.1) is 0 Å². The normalized spacial score (nSPS) is 12.6. The van der Waals surface area contributed by atoms with Crippen LogP contribution in [0.2, 0.25) is 0 Å². The van der Waals surface area contributed by atoms with E-state index in [1.165, 1.54) is 199 Å². The number of esters is 3. The Morgan fingerprint density at radius 3 is 0.802 bits per heavy atom. The van der Waals surface area contributed by atoms with Crippen LogP contribution in [-0.2, 0) is 28.6 Å². The predicted octanol–water partition coefficient (Wildman–Crippen LogP) is 24.2. The highest BCUT2D eigenvalue weighted by Crippen LogP contribution is 2.18. The summed E-state index contributed by atoms with van der Waals surface area (Å²) in [6.07, 6.45) is 92.0. The standard InChI is InChI=1S/C75H132O6/c1-4-7-10-13-16-19-22-25-27-29-30-31-32-33-34-35-36-37-38-39-40-41-42-43-44-46-47-50-53-56-59-62-65-68-74(77)80-71-72(70-79-73(76)67-64-61-58-55-52-49-24-21-18-15-12-9-6-3)81-75(78)69-66-63-60-57-54-51-48-45-28-26-23-20-17-14-11-8-5-2/h8,11-12,15,17,20-22,24-26,28-30,72H,4-7,9-10,13-14,16,18-19,23,27,31-71H2,1-3H3/b11-8-,15-12-,20-17-,24-21-,25-22-,28-26-,30-29-. The van der Waals surface area contributed by atoms with Gasteiger partial charge in [-0.15, -0.1) is 0 Å². The van der Waals surface area contributed by atoms with Crippen LogP contribution < -0.4 is 0 Å². The van der Waals surface area contributed by atoms with E-state index in [2.05, 4.69) is 106 Å². The lowest BCUT2D eigenvalue weighted by Gasteiger charge is -2.18. The molecule has 0 N–H and O–H groups in total. The molecule has 0 saturated carbocycles.